The van der Waals surface area contributed by atoms with Crippen molar-refractivity contribution in [1.82, 2.24) is 0 Å². The number of fused-ring (bicyclic) bond motifs is 1. The molecule has 5 heteroatoms. The molecule has 0 atom stereocenters. The van der Waals surface area contributed by atoms with Gasteiger partial charge in [-0.2, -0.15) is 0 Å². The van der Waals surface area contributed by atoms with Gasteiger partial charge in [0.2, 0.25) is 0 Å². The zero-order chi connectivity index (χ0) is 15.7. The van der Waals surface area contributed by atoms with Gasteiger partial charge in [-0.05, 0) is 36.2 Å². The quantitative estimate of drug-likeness (QED) is 0.633. The monoisotopic (exact) mass is 334 g/mol. The number of rotatable bonds is 3. The van der Waals surface area contributed by atoms with Crippen LogP contribution in [0.3, 0.4) is 0 Å². The van der Waals surface area contributed by atoms with Gasteiger partial charge in [0, 0.05) is 22.5 Å². The maximum Gasteiger partial charge on any atom is 0.336 e. The third-order valence-corrected chi connectivity index (χ3v) is 3.86. The molecule has 22 heavy (non-hydrogen) atoms. The summed E-state index contributed by atoms with van der Waals surface area (Å²) in [6.45, 7) is 2.18. The molecular formula is C17H12Cl2O3. The van der Waals surface area contributed by atoms with E-state index in [2.05, 4.69) is 0 Å². The lowest BCUT2D eigenvalue weighted by atomic mass is 10.1. The van der Waals surface area contributed by atoms with Crippen molar-refractivity contribution in [2.24, 2.45) is 0 Å². The third-order valence-electron chi connectivity index (χ3n) is 3.31. The Balaban J connectivity index is 1.92. The number of hydrogen-bond acceptors (Lipinski definition) is 3. The van der Waals surface area contributed by atoms with Crippen LogP contribution in [0, 0.1) is 6.92 Å². The summed E-state index contributed by atoms with van der Waals surface area (Å²) in [5.74, 6) is 0.470. The normalized spacial score (nSPS) is 10.9. The SMILES string of the molecule is Cc1cc(=O)oc2cc(OCc3ccc(Cl)cc3)c(Cl)cc12. The summed E-state index contributed by atoms with van der Waals surface area (Å²) < 4.78 is 10.9. The van der Waals surface area contributed by atoms with E-state index in [0.29, 0.717) is 28.0 Å². The van der Waals surface area contributed by atoms with Gasteiger partial charge in [-0.25, -0.2) is 4.79 Å². The highest BCUT2D eigenvalue weighted by molar-refractivity contribution is 6.32. The van der Waals surface area contributed by atoms with Gasteiger partial charge in [0.1, 0.15) is 17.9 Å². The highest BCUT2D eigenvalue weighted by Crippen LogP contribution is 2.31. The molecule has 0 N–H and O–H groups in total. The van der Waals surface area contributed by atoms with Crippen LogP contribution in [-0.2, 0) is 6.61 Å². The lowest BCUT2D eigenvalue weighted by molar-refractivity contribution is 0.306. The van der Waals surface area contributed by atoms with E-state index < -0.39 is 5.63 Å². The summed E-state index contributed by atoms with van der Waals surface area (Å²) in [7, 11) is 0. The summed E-state index contributed by atoms with van der Waals surface area (Å²) in [6, 6.07) is 12.2. The first-order chi connectivity index (χ1) is 10.5. The predicted octanol–water partition coefficient (Wildman–Crippen LogP) is 4.99. The molecule has 2 aromatic carbocycles. The minimum atomic E-state index is -0.393. The Hall–Kier alpha value is -1.97. The summed E-state index contributed by atoms with van der Waals surface area (Å²) in [5, 5.41) is 1.94. The van der Waals surface area contributed by atoms with Crippen LogP contribution in [0.15, 0.2) is 51.7 Å². The lowest BCUT2D eigenvalue weighted by Crippen LogP contribution is -1.99. The number of halogens is 2. The van der Waals surface area contributed by atoms with Gasteiger partial charge in [0.15, 0.2) is 0 Å². The van der Waals surface area contributed by atoms with E-state index >= 15 is 0 Å². The van der Waals surface area contributed by atoms with Crippen molar-refractivity contribution in [3.05, 3.63) is 74.1 Å². The highest BCUT2D eigenvalue weighted by Gasteiger charge is 2.09. The van der Waals surface area contributed by atoms with Crippen LogP contribution in [0.25, 0.3) is 11.0 Å². The van der Waals surface area contributed by atoms with Gasteiger partial charge in [-0.15, -0.1) is 0 Å². The Labute approximate surface area is 137 Å². The van der Waals surface area contributed by atoms with Gasteiger partial charge < -0.3 is 9.15 Å². The van der Waals surface area contributed by atoms with Gasteiger partial charge in [0.25, 0.3) is 0 Å². The molecule has 1 aromatic heterocycles. The first kappa shape index (κ1) is 14.9. The van der Waals surface area contributed by atoms with Crippen molar-refractivity contribution >= 4 is 34.2 Å². The molecule has 0 radical (unpaired) electrons. The number of hydrogen-bond donors (Lipinski definition) is 0. The Morgan fingerprint density at radius 3 is 2.55 bits per heavy atom. The molecule has 0 fully saturated rings. The van der Waals surface area contributed by atoms with Gasteiger partial charge in [-0.3, -0.25) is 0 Å². The fourth-order valence-electron chi connectivity index (χ4n) is 2.17. The topological polar surface area (TPSA) is 39.4 Å². The van der Waals surface area contributed by atoms with Crippen LogP contribution in [-0.4, -0.2) is 0 Å². The maximum absolute atomic E-state index is 11.5. The first-order valence-electron chi connectivity index (χ1n) is 6.64. The van der Waals surface area contributed by atoms with E-state index in [4.69, 9.17) is 32.4 Å². The summed E-state index contributed by atoms with van der Waals surface area (Å²) in [5.41, 5.74) is 1.85. The largest absolute Gasteiger partial charge is 0.487 e. The minimum Gasteiger partial charge on any atom is -0.487 e. The molecule has 3 aromatic rings. The fourth-order valence-corrected chi connectivity index (χ4v) is 2.52. The molecule has 1 heterocycles. The van der Waals surface area contributed by atoms with Crippen LogP contribution < -0.4 is 10.4 Å². The minimum absolute atomic E-state index is 0.346. The van der Waals surface area contributed by atoms with E-state index in [0.717, 1.165) is 16.5 Å². The van der Waals surface area contributed by atoms with E-state index in [1.54, 1.807) is 24.3 Å². The van der Waals surface area contributed by atoms with Crippen molar-refractivity contribution in [2.75, 3.05) is 0 Å². The second-order valence-electron chi connectivity index (χ2n) is 4.94. The molecule has 0 bridgehead atoms. The summed E-state index contributed by atoms with van der Waals surface area (Å²) >= 11 is 12.1. The molecule has 0 amide bonds. The average Bonchev–Trinajstić information content (AvgIpc) is 2.48. The van der Waals surface area contributed by atoms with Gasteiger partial charge >= 0.3 is 5.63 Å². The molecule has 0 aliphatic rings. The highest BCUT2D eigenvalue weighted by atomic mass is 35.5. The Morgan fingerprint density at radius 1 is 1.09 bits per heavy atom. The van der Waals surface area contributed by atoms with E-state index in [1.165, 1.54) is 6.07 Å². The third kappa shape index (κ3) is 3.11. The van der Waals surface area contributed by atoms with E-state index in [9.17, 15) is 4.79 Å². The average molecular weight is 335 g/mol. The van der Waals surface area contributed by atoms with Crippen molar-refractivity contribution in [3.63, 3.8) is 0 Å². The van der Waals surface area contributed by atoms with Crippen LogP contribution in [0.5, 0.6) is 5.75 Å². The molecule has 0 aliphatic carbocycles. The Bertz CT molecular complexity index is 883. The van der Waals surface area contributed by atoms with E-state index in [-0.39, 0.29) is 0 Å². The van der Waals surface area contributed by atoms with Crippen molar-refractivity contribution in [1.29, 1.82) is 0 Å². The molecule has 0 aliphatic heterocycles. The Morgan fingerprint density at radius 2 is 1.82 bits per heavy atom. The first-order valence-corrected chi connectivity index (χ1v) is 7.40. The molecule has 112 valence electrons. The number of aryl methyl sites for hydroxylation is 1. The molecule has 0 unspecified atom stereocenters. The predicted molar refractivity (Wildman–Crippen MR) is 88.0 cm³/mol. The van der Waals surface area contributed by atoms with Crippen LogP contribution in [0.2, 0.25) is 10.0 Å². The maximum atomic E-state index is 11.5. The van der Waals surface area contributed by atoms with Crippen LogP contribution in [0.1, 0.15) is 11.1 Å². The lowest BCUT2D eigenvalue weighted by Gasteiger charge is -2.10. The second kappa shape index (κ2) is 6.03. The van der Waals surface area contributed by atoms with Crippen LogP contribution in [0.4, 0.5) is 0 Å². The smallest absolute Gasteiger partial charge is 0.336 e. The fraction of sp³-hybridized carbons (Fsp3) is 0.118. The second-order valence-corrected chi connectivity index (χ2v) is 5.79. The standard InChI is InChI=1S/C17H12Cl2O3/c1-10-6-17(20)22-15-8-16(14(19)7-13(10)15)21-9-11-2-4-12(18)5-3-11/h2-8H,9H2,1H3. The Kier molecular flexibility index (Phi) is 4.10. The van der Waals surface area contributed by atoms with Crippen molar-refractivity contribution < 1.29 is 9.15 Å². The molecule has 0 spiro atoms. The summed E-state index contributed by atoms with van der Waals surface area (Å²) in [6.07, 6.45) is 0. The molecule has 3 rings (SSSR count). The molecule has 3 nitrogen and oxygen atoms in total. The van der Waals surface area contributed by atoms with E-state index in [1.807, 2.05) is 19.1 Å². The van der Waals surface area contributed by atoms with Crippen molar-refractivity contribution in [3.8, 4) is 5.75 Å². The summed E-state index contributed by atoms with van der Waals surface area (Å²) in [4.78, 5) is 11.5. The molecule has 0 saturated heterocycles. The zero-order valence-electron chi connectivity index (χ0n) is 11.7. The zero-order valence-corrected chi connectivity index (χ0v) is 13.2. The number of benzene rings is 2. The molecular weight excluding hydrogens is 323 g/mol. The number of ether oxygens (including phenoxy) is 1. The molecule has 0 saturated carbocycles. The van der Waals surface area contributed by atoms with Crippen molar-refractivity contribution in [2.45, 2.75) is 13.5 Å². The van der Waals surface area contributed by atoms with Crippen LogP contribution >= 0.6 is 23.2 Å². The van der Waals surface area contributed by atoms with Gasteiger partial charge in [0.05, 0.1) is 5.02 Å². The van der Waals surface area contributed by atoms with Gasteiger partial charge in [-0.1, -0.05) is 35.3 Å².